The maximum Gasteiger partial charge on any atom is 0.178 e. The molecule has 0 spiro atoms. The number of nitriles is 1. The van der Waals surface area contributed by atoms with Crippen molar-refractivity contribution in [3.8, 4) is 6.07 Å². The average molecular weight is 172 g/mol. The molecule has 13 heavy (non-hydrogen) atoms. The summed E-state index contributed by atoms with van der Waals surface area (Å²) in [6, 6.07) is 5.74. The zero-order chi connectivity index (χ0) is 9.42. The minimum atomic E-state index is 0.561. The van der Waals surface area contributed by atoms with E-state index in [1.165, 1.54) is 0 Å². The molecule has 0 saturated heterocycles. The summed E-state index contributed by atoms with van der Waals surface area (Å²) in [6.07, 6.45) is 0. The van der Waals surface area contributed by atoms with Gasteiger partial charge < -0.3 is 0 Å². The van der Waals surface area contributed by atoms with Crippen molar-refractivity contribution in [1.29, 1.82) is 5.26 Å². The molecule has 0 aliphatic carbocycles. The van der Waals surface area contributed by atoms with E-state index in [0.29, 0.717) is 11.2 Å². The molecule has 4 heteroatoms. The Bertz CT molecular complexity index is 504. The van der Waals surface area contributed by atoms with Crippen LogP contribution in [0.5, 0.6) is 0 Å². The van der Waals surface area contributed by atoms with Crippen LogP contribution in [-0.4, -0.2) is 14.6 Å². The summed E-state index contributed by atoms with van der Waals surface area (Å²) in [5, 5.41) is 16.7. The highest BCUT2D eigenvalue weighted by Crippen LogP contribution is 2.11. The first-order chi connectivity index (χ1) is 6.24. The molecule has 2 rings (SSSR count). The van der Waals surface area contributed by atoms with Gasteiger partial charge in [-0.15, -0.1) is 10.2 Å². The maximum atomic E-state index is 8.80. The van der Waals surface area contributed by atoms with E-state index in [-0.39, 0.29) is 0 Å². The van der Waals surface area contributed by atoms with Crippen LogP contribution in [0.3, 0.4) is 0 Å². The molecule has 0 aliphatic rings. The van der Waals surface area contributed by atoms with Crippen LogP contribution in [0.2, 0.25) is 0 Å². The second-order valence-electron chi connectivity index (χ2n) is 2.91. The highest BCUT2D eigenvalue weighted by atomic mass is 15.2. The quantitative estimate of drug-likeness (QED) is 0.600. The largest absolute Gasteiger partial charge is 0.283 e. The third kappa shape index (κ3) is 0.975. The van der Waals surface area contributed by atoms with Crippen molar-refractivity contribution in [1.82, 2.24) is 14.6 Å². The summed E-state index contributed by atoms with van der Waals surface area (Å²) in [5.74, 6) is 0.810. The van der Waals surface area contributed by atoms with Crippen molar-refractivity contribution in [2.45, 2.75) is 13.8 Å². The Labute approximate surface area is 75.4 Å². The minimum absolute atomic E-state index is 0.561. The number of hydrogen-bond acceptors (Lipinski definition) is 3. The summed E-state index contributed by atoms with van der Waals surface area (Å²) in [4.78, 5) is 0. The van der Waals surface area contributed by atoms with Gasteiger partial charge in [0.1, 0.15) is 11.9 Å². The summed E-state index contributed by atoms with van der Waals surface area (Å²) >= 11 is 0. The number of nitrogens with zero attached hydrogens (tertiary/aromatic N) is 4. The monoisotopic (exact) mass is 172 g/mol. The number of rotatable bonds is 0. The lowest BCUT2D eigenvalue weighted by molar-refractivity contribution is 0.977. The average Bonchev–Trinajstić information content (AvgIpc) is 2.50. The molecule has 2 aromatic rings. The number of pyridine rings is 1. The SMILES string of the molecule is Cc1ccc(C#N)c2nnc(C)n12. The summed E-state index contributed by atoms with van der Waals surface area (Å²) < 4.78 is 1.87. The molecule has 4 nitrogen and oxygen atoms in total. The van der Waals surface area contributed by atoms with Gasteiger partial charge in [0.05, 0.1) is 5.56 Å². The van der Waals surface area contributed by atoms with Gasteiger partial charge in [0.15, 0.2) is 5.65 Å². The van der Waals surface area contributed by atoms with E-state index in [1.54, 1.807) is 6.07 Å². The van der Waals surface area contributed by atoms with Crippen LogP contribution in [-0.2, 0) is 0 Å². The molecule has 0 aromatic carbocycles. The third-order valence-corrected chi connectivity index (χ3v) is 2.03. The minimum Gasteiger partial charge on any atom is -0.283 e. The molecule has 0 aliphatic heterocycles. The Kier molecular flexibility index (Phi) is 1.52. The van der Waals surface area contributed by atoms with Gasteiger partial charge in [-0.3, -0.25) is 4.40 Å². The Balaban J connectivity index is 2.97. The van der Waals surface area contributed by atoms with Gasteiger partial charge in [0.25, 0.3) is 0 Å². The van der Waals surface area contributed by atoms with E-state index in [2.05, 4.69) is 16.3 Å². The van der Waals surface area contributed by atoms with Crippen molar-refractivity contribution in [3.05, 3.63) is 29.2 Å². The van der Waals surface area contributed by atoms with Crippen LogP contribution >= 0.6 is 0 Å². The number of aryl methyl sites for hydroxylation is 2. The fraction of sp³-hybridized carbons (Fsp3) is 0.222. The first-order valence-electron chi connectivity index (χ1n) is 3.95. The molecule has 2 aromatic heterocycles. The van der Waals surface area contributed by atoms with E-state index in [9.17, 15) is 0 Å². The van der Waals surface area contributed by atoms with Crippen LogP contribution in [0, 0.1) is 25.2 Å². The second-order valence-corrected chi connectivity index (χ2v) is 2.91. The van der Waals surface area contributed by atoms with Crippen molar-refractivity contribution in [3.63, 3.8) is 0 Å². The van der Waals surface area contributed by atoms with Crippen LogP contribution in [0.15, 0.2) is 12.1 Å². The van der Waals surface area contributed by atoms with Crippen molar-refractivity contribution >= 4 is 5.65 Å². The highest BCUT2D eigenvalue weighted by Gasteiger charge is 2.07. The molecular formula is C9H8N4. The van der Waals surface area contributed by atoms with Crippen molar-refractivity contribution in [2.24, 2.45) is 0 Å². The van der Waals surface area contributed by atoms with Crippen LogP contribution < -0.4 is 0 Å². The fourth-order valence-electron chi connectivity index (χ4n) is 1.40. The van der Waals surface area contributed by atoms with Gasteiger partial charge in [0.2, 0.25) is 0 Å². The molecule has 0 saturated carbocycles. The molecule has 0 amide bonds. The third-order valence-electron chi connectivity index (χ3n) is 2.03. The lowest BCUT2D eigenvalue weighted by atomic mass is 10.2. The highest BCUT2D eigenvalue weighted by molar-refractivity contribution is 5.55. The molecular weight excluding hydrogens is 164 g/mol. The van der Waals surface area contributed by atoms with Gasteiger partial charge in [-0.05, 0) is 26.0 Å². The van der Waals surface area contributed by atoms with Gasteiger partial charge in [-0.2, -0.15) is 5.26 Å². The Morgan fingerprint density at radius 1 is 1.31 bits per heavy atom. The van der Waals surface area contributed by atoms with Gasteiger partial charge in [-0.25, -0.2) is 0 Å². The standard InChI is InChI=1S/C9H8N4/c1-6-3-4-8(5-10)9-12-11-7(2)13(6)9/h3-4H,1-2H3. The molecule has 0 unspecified atom stereocenters. The molecule has 0 N–H and O–H groups in total. The van der Waals surface area contributed by atoms with E-state index < -0.39 is 0 Å². The topological polar surface area (TPSA) is 54.0 Å². The van der Waals surface area contributed by atoms with Crippen LogP contribution in [0.4, 0.5) is 0 Å². The normalized spacial score (nSPS) is 10.2. The van der Waals surface area contributed by atoms with E-state index in [4.69, 9.17) is 5.26 Å². The zero-order valence-corrected chi connectivity index (χ0v) is 7.44. The maximum absolute atomic E-state index is 8.80. The number of aromatic nitrogens is 3. The molecule has 0 atom stereocenters. The van der Waals surface area contributed by atoms with E-state index in [0.717, 1.165) is 11.5 Å². The summed E-state index contributed by atoms with van der Waals surface area (Å²) in [6.45, 7) is 3.83. The first-order valence-corrected chi connectivity index (χ1v) is 3.95. The van der Waals surface area contributed by atoms with Crippen molar-refractivity contribution in [2.75, 3.05) is 0 Å². The fourth-order valence-corrected chi connectivity index (χ4v) is 1.40. The predicted molar refractivity (Wildman–Crippen MR) is 47.2 cm³/mol. The number of hydrogen-bond donors (Lipinski definition) is 0. The Morgan fingerprint density at radius 3 is 2.77 bits per heavy atom. The first kappa shape index (κ1) is 7.74. The summed E-state index contributed by atoms with van der Waals surface area (Å²) in [7, 11) is 0. The van der Waals surface area contributed by atoms with E-state index >= 15 is 0 Å². The van der Waals surface area contributed by atoms with Gasteiger partial charge >= 0.3 is 0 Å². The predicted octanol–water partition coefficient (Wildman–Crippen LogP) is 1.22. The van der Waals surface area contributed by atoms with Crippen molar-refractivity contribution < 1.29 is 0 Å². The number of fused-ring (bicyclic) bond motifs is 1. The van der Waals surface area contributed by atoms with Crippen LogP contribution in [0.25, 0.3) is 5.65 Å². The molecule has 64 valence electrons. The van der Waals surface area contributed by atoms with Crippen LogP contribution in [0.1, 0.15) is 17.1 Å². The van der Waals surface area contributed by atoms with Gasteiger partial charge in [0, 0.05) is 5.69 Å². The lowest BCUT2D eigenvalue weighted by Gasteiger charge is -2.00. The molecule has 0 bridgehead atoms. The molecule has 0 fully saturated rings. The smallest absolute Gasteiger partial charge is 0.178 e. The van der Waals surface area contributed by atoms with E-state index in [1.807, 2.05) is 24.3 Å². The van der Waals surface area contributed by atoms with Gasteiger partial charge in [-0.1, -0.05) is 0 Å². The second kappa shape index (κ2) is 2.56. The Hall–Kier alpha value is -1.89. The summed E-state index contributed by atoms with van der Waals surface area (Å²) in [5.41, 5.74) is 2.24. The Morgan fingerprint density at radius 2 is 2.08 bits per heavy atom. The molecule has 0 radical (unpaired) electrons. The zero-order valence-electron chi connectivity index (χ0n) is 7.44. The lowest BCUT2D eigenvalue weighted by Crippen LogP contribution is -1.95. The molecule has 2 heterocycles.